The molecule has 0 saturated heterocycles. The second-order valence-corrected chi connectivity index (χ2v) is 5.26. The van der Waals surface area contributed by atoms with Crippen LogP contribution < -0.4 is 5.73 Å². The summed E-state index contributed by atoms with van der Waals surface area (Å²) in [7, 11) is 0. The van der Waals surface area contributed by atoms with Crippen LogP contribution in [0.4, 0.5) is 5.69 Å². The number of aromatic nitrogens is 1. The topological polar surface area (TPSA) is 52.0 Å². The van der Waals surface area contributed by atoms with Crippen molar-refractivity contribution in [3.8, 4) is 0 Å². The molecule has 2 aromatic rings. The SMILES string of the molecule is Cc1cc(N)c(Cl)cc1Sc1nc(C)c(C)o1. The lowest BCUT2D eigenvalue weighted by Gasteiger charge is -2.05. The molecule has 0 aliphatic heterocycles. The largest absolute Gasteiger partial charge is 0.436 e. The Kier molecular flexibility index (Phi) is 3.35. The monoisotopic (exact) mass is 268 g/mol. The van der Waals surface area contributed by atoms with Crippen molar-refractivity contribution >= 4 is 29.1 Å². The molecule has 1 aromatic carbocycles. The van der Waals surface area contributed by atoms with Gasteiger partial charge in [0, 0.05) is 4.90 Å². The molecular formula is C12H13ClN2OS. The zero-order valence-electron chi connectivity index (χ0n) is 9.87. The average Bonchev–Trinajstić information content (AvgIpc) is 2.55. The number of anilines is 1. The fraction of sp³-hybridized carbons (Fsp3) is 0.250. The first kappa shape index (κ1) is 12.3. The van der Waals surface area contributed by atoms with Crippen molar-refractivity contribution in [2.45, 2.75) is 30.9 Å². The van der Waals surface area contributed by atoms with E-state index in [2.05, 4.69) is 4.98 Å². The van der Waals surface area contributed by atoms with Gasteiger partial charge in [0.05, 0.1) is 16.4 Å². The van der Waals surface area contributed by atoms with Crippen LogP contribution in [0.5, 0.6) is 0 Å². The smallest absolute Gasteiger partial charge is 0.261 e. The van der Waals surface area contributed by atoms with Crippen LogP contribution in [0, 0.1) is 20.8 Å². The third-order valence-corrected chi connectivity index (χ3v) is 3.84. The molecule has 0 spiro atoms. The van der Waals surface area contributed by atoms with E-state index < -0.39 is 0 Å². The standard InChI is InChI=1S/C12H13ClN2OS/c1-6-4-10(14)9(13)5-11(6)17-12-15-7(2)8(3)16-12/h4-5H,14H2,1-3H3. The van der Waals surface area contributed by atoms with E-state index in [9.17, 15) is 0 Å². The molecule has 3 nitrogen and oxygen atoms in total. The van der Waals surface area contributed by atoms with Crippen LogP contribution in [0.1, 0.15) is 17.0 Å². The molecule has 0 aliphatic carbocycles. The molecule has 0 radical (unpaired) electrons. The molecule has 1 heterocycles. The Morgan fingerprint density at radius 2 is 2.00 bits per heavy atom. The fourth-order valence-corrected chi connectivity index (χ4v) is 2.54. The Morgan fingerprint density at radius 1 is 1.29 bits per heavy atom. The summed E-state index contributed by atoms with van der Waals surface area (Å²) in [6, 6.07) is 3.69. The van der Waals surface area contributed by atoms with Gasteiger partial charge in [-0.05, 0) is 50.2 Å². The predicted molar refractivity (Wildman–Crippen MR) is 70.7 cm³/mol. The third kappa shape index (κ3) is 2.58. The molecule has 1 aromatic heterocycles. The number of aryl methyl sites for hydroxylation is 3. The maximum atomic E-state index is 6.00. The highest BCUT2D eigenvalue weighted by Crippen LogP contribution is 2.34. The molecule has 0 unspecified atom stereocenters. The van der Waals surface area contributed by atoms with Gasteiger partial charge < -0.3 is 10.2 Å². The number of hydrogen-bond donors (Lipinski definition) is 1. The van der Waals surface area contributed by atoms with E-state index in [0.29, 0.717) is 15.9 Å². The van der Waals surface area contributed by atoms with E-state index in [1.165, 1.54) is 11.8 Å². The van der Waals surface area contributed by atoms with Crippen LogP contribution in [0.15, 0.2) is 26.7 Å². The van der Waals surface area contributed by atoms with Crippen LogP contribution in [0.3, 0.4) is 0 Å². The Morgan fingerprint density at radius 3 is 2.59 bits per heavy atom. The van der Waals surface area contributed by atoms with Crippen LogP contribution in [0.25, 0.3) is 0 Å². The second-order valence-electron chi connectivity index (χ2n) is 3.86. The molecule has 0 fully saturated rings. The van der Waals surface area contributed by atoms with E-state index in [0.717, 1.165) is 21.9 Å². The summed E-state index contributed by atoms with van der Waals surface area (Å²) in [5.41, 5.74) is 8.29. The van der Waals surface area contributed by atoms with Crippen molar-refractivity contribution in [3.05, 3.63) is 34.2 Å². The number of oxazole rings is 1. The van der Waals surface area contributed by atoms with E-state index in [1.807, 2.05) is 32.9 Å². The number of benzene rings is 1. The number of hydrogen-bond acceptors (Lipinski definition) is 4. The minimum atomic E-state index is 0.554. The molecule has 0 amide bonds. The molecule has 2 rings (SSSR count). The zero-order chi connectivity index (χ0) is 12.6. The molecule has 2 N–H and O–H groups in total. The summed E-state index contributed by atoms with van der Waals surface area (Å²) in [5.74, 6) is 0.840. The quantitative estimate of drug-likeness (QED) is 0.837. The first-order valence-electron chi connectivity index (χ1n) is 5.15. The van der Waals surface area contributed by atoms with Crippen molar-refractivity contribution in [2.75, 3.05) is 5.73 Å². The molecule has 5 heteroatoms. The van der Waals surface area contributed by atoms with Crippen molar-refractivity contribution in [2.24, 2.45) is 0 Å². The van der Waals surface area contributed by atoms with Gasteiger partial charge in [-0.15, -0.1) is 0 Å². The highest BCUT2D eigenvalue weighted by atomic mass is 35.5. The van der Waals surface area contributed by atoms with Gasteiger partial charge in [-0.25, -0.2) is 4.98 Å². The van der Waals surface area contributed by atoms with Crippen molar-refractivity contribution in [1.29, 1.82) is 0 Å². The average molecular weight is 269 g/mol. The molecular weight excluding hydrogens is 256 g/mol. The van der Waals surface area contributed by atoms with Gasteiger partial charge in [0.2, 0.25) is 0 Å². The van der Waals surface area contributed by atoms with E-state index in [1.54, 1.807) is 0 Å². The van der Waals surface area contributed by atoms with Gasteiger partial charge in [-0.3, -0.25) is 0 Å². The summed E-state index contributed by atoms with van der Waals surface area (Å²) in [5, 5.41) is 1.18. The molecule has 0 atom stereocenters. The summed E-state index contributed by atoms with van der Waals surface area (Å²) in [6.45, 7) is 5.80. The van der Waals surface area contributed by atoms with Crippen molar-refractivity contribution in [1.82, 2.24) is 4.98 Å². The summed E-state index contributed by atoms with van der Waals surface area (Å²) in [6.07, 6.45) is 0. The Hall–Kier alpha value is -1.13. The van der Waals surface area contributed by atoms with E-state index in [-0.39, 0.29) is 0 Å². The zero-order valence-corrected chi connectivity index (χ0v) is 11.4. The number of nitrogens with zero attached hydrogens (tertiary/aromatic N) is 1. The predicted octanol–water partition coefficient (Wildman–Crippen LogP) is 3.99. The van der Waals surface area contributed by atoms with Crippen molar-refractivity contribution < 1.29 is 4.42 Å². The number of halogens is 1. The normalized spacial score (nSPS) is 10.8. The molecule has 17 heavy (non-hydrogen) atoms. The van der Waals surface area contributed by atoms with Gasteiger partial charge in [0.15, 0.2) is 0 Å². The minimum absolute atomic E-state index is 0.554. The number of nitrogens with two attached hydrogens (primary N) is 1. The minimum Gasteiger partial charge on any atom is -0.436 e. The lowest BCUT2D eigenvalue weighted by molar-refractivity contribution is 0.431. The van der Waals surface area contributed by atoms with Crippen LogP contribution >= 0.6 is 23.4 Å². The first-order valence-corrected chi connectivity index (χ1v) is 6.34. The summed E-state index contributed by atoms with van der Waals surface area (Å²) in [4.78, 5) is 5.33. The molecule has 0 aliphatic rings. The highest BCUT2D eigenvalue weighted by molar-refractivity contribution is 7.99. The summed E-state index contributed by atoms with van der Waals surface area (Å²) < 4.78 is 5.52. The van der Waals surface area contributed by atoms with Gasteiger partial charge in [0.1, 0.15) is 5.76 Å². The van der Waals surface area contributed by atoms with Crippen LogP contribution in [0.2, 0.25) is 5.02 Å². The summed E-state index contributed by atoms with van der Waals surface area (Å²) >= 11 is 7.45. The maximum absolute atomic E-state index is 6.00. The van der Waals surface area contributed by atoms with Gasteiger partial charge in [0.25, 0.3) is 5.22 Å². The first-order chi connectivity index (χ1) is 7.97. The number of rotatable bonds is 2. The van der Waals surface area contributed by atoms with E-state index in [4.69, 9.17) is 21.8 Å². The third-order valence-electron chi connectivity index (χ3n) is 2.50. The lowest BCUT2D eigenvalue weighted by Crippen LogP contribution is -1.89. The fourth-order valence-electron chi connectivity index (χ4n) is 1.38. The lowest BCUT2D eigenvalue weighted by atomic mass is 10.2. The van der Waals surface area contributed by atoms with Gasteiger partial charge in [-0.1, -0.05) is 11.6 Å². The highest BCUT2D eigenvalue weighted by Gasteiger charge is 2.10. The van der Waals surface area contributed by atoms with E-state index >= 15 is 0 Å². The molecule has 90 valence electrons. The second kappa shape index (κ2) is 4.63. The van der Waals surface area contributed by atoms with Crippen LogP contribution in [-0.4, -0.2) is 4.98 Å². The Balaban J connectivity index is 2.33. The molecule has 0 bridgehead atoms. The molecule has 0 saturated carbocycles. The Bertz CT molecular complexity index is 546. The van der Waals surface area contributed by atoms with Crippen molar-refractivity contribution in [3.63, 3.8) is 0 Å². The maximum Gasteiger partial charge on any atom is 0.261 e. The Labute approximate surface area is 109 Å². The van der Waals surface area contributed by atoms with Crippen LogP contribution in [-0.2, 0) is 0 Å². The van der Waals surface area contributed by atoms with Gasteiger partial charge >= 0.3 is 0 Å². The van der Waals surface area contributed by atoms with Gasteiger partial charge in [-0.2, -0.15) is 0 Å². The number of nitrogen functional groups attached to an aromatic ring is 1.